The van der Waals surface area contributed by atoms with E-state index in [0.29, 0.717) is 17.1 Å². The highest BCUT2D eigenvalue weighted by atomic mass is 16.1. The van der Waals surface area contributed by atoms with Crippen LogP contribution in [0.15, 0.2) is 30.6 Å². The second-order valence-electron chi connectivity index (χ2n) is 4.10. The number of carbonyl (C=O) groups excluding carboxylic acids is 1. The first kappa shape index (κ1) is 13.5. The molecule has 0 spiro atoms. The molecule has 0 saturated carbocycles. The van der Waals surface area contributed by atoms with Crippen molar-refractivity contribution in [2.24, 2.45) is 0 Å². The quantitative estimate of drug-likeness (QED) is 0.887. The molecule has 0 radical (unpaired) electrons. The van der Waals surface area contributed by atoms with Crippen LogP contribution in [0.4, 0.5) is 11.5 Å². The summed E-state index contributed by atoms with van der Waals surface area (Å²) in [6, 6.07) is 7.35. The fourth-order valence-corrected chi connectivity index (χ4v) is 1.70. The Morgan fingerprint density at radius 2 is 2.15 bits per heavy atom. The van der Waals surface area contributed by atoms with E-state index < -0.39 is 5.91 Å². The smallest absolute Gasteiger partial charge is 0.275 e. The van der Waals surface area contributed by atoms with Gasteiger partial charge in [-0.1, -0.05) is 12.1 Å². The van der Waals surface area contributed by atoms with Gasteiger partial charge in [0.1, 0.15) is 17.6 Å². The molecule has 0 aliphatic rings. The molecule has 0 fully saturated rings. The fourth-order valence-electron chi connectivity index (χ4n) is 1.70. The van der Waals surface area contributed by atoms with Crippen molar-refractivity contribution in [2.75, 3.05) is 17.7 Å². The molecule has 6 heteroatoms. The summed E-state index contributed by atoms with van der Waals surface area (Å²) in [5.41, 5.74) is 1.90. The second kappa shape index (κ2) is 5.80. The predicted molar refractivity (Wildman–Crippen MR) is 75.4 cm³/mol. The van der Waals surface area contributed by atoms with E-state index in [0.717, 1.165) is 5.56 Å². The first-order chi connectivity index (χ1) is 9.65. The Morgan fingerprint density at radius 1 is 1.35 bits per heavy atom. The summed E-state index contributed by atoms with van der Waals surface area (Å²) >= 11 is 0. The van der Waals surface area contributed by atoms with Crippen LogP contribution in [0.1, 0.15) is 21.6 Å². The van der Waals surface area contributed by atoms with Gasteiger partial charge < -0.3 is 10.6 Å². The van der Waals surface area contributed by atoms with Crippen molar-refractivity contribution in [2.45, 2.75) is 6.92 Å². The number of nitrogens with one attached hydrogen (secondary N) is 2. The summed E-state index contributed by atoms with van der Waals surface area (Å²) in [6.07, 6.45) is 2.89. The number of anilines is 2. The maximum absolute atomic E-state index is 12.1. The van der Waals surface area contributed by atoms with Crippen LogP contribution in [-0.2, 0) is 0 Å². The zero-order valence-corrected chi connectivity index (χ0v) is 11.1. The van der Waals surface area contributed by atoms with E-state index >= 15 is 0 Å². The molecule has 2 N–H and O–H groups in total. The SMILES string of the molecule is CNc1cncc(C(=O)Nc2cccc(C)c2C#N)n1. The number of amides is 1. The Bertz CT molecular complexity index is 690. The van der Waals surface area contributed by atoms with Crippen LogP contribution < -0.4 is 10.6 Å². The van der Waals surface area contributed by atoms with Crippen LogP contribution >= 0.6 is 0 Å². The van der Waals surface area contributed by atoms with E-state index in [1.807, 2.05) is 13.0 Å². The van der Waals surface area contributed by atoms with Crippen molar-refractivity contribution < 1.29 is 4.79 Å². The molecular weight excluding hydrogens is 254 g/mol. The molecule has 20 heavy (non-hydrogen) atoms. The van der Waals surface area contributed by atoms with Crippen molar-refractivity contribution in [1.82, 2.24) is 9.97 Å². The third-order valence-electron chi connectivity index (χ3n) is 2.76. The molecule has 1 aromatic carbocycles. The fraction of sp³-hybridized carbons (Fsp3) is 0.143. The van der Waals surface area contributed by atoms with E-state index in [4.69, 9.17) is 5.26 Å². The van der Waals surface area contributed by atoms with Gasteiger partial charge in [-0.3, -0.25) is 9.78 Å². The van der Waals surface area contributed by atoms with E-state index in [9.17, 15) is 4.79 Å². The molecule has 6 nitrogen and oxygen atoms in total. The number of hydrogen-bond donors (Lipinski definition) is 2. The maximum Gasteiger partial charge on any atom is 0.275 e. The molecule has 0 unspecified atom stereocenters. The highest BCUT2D eigenvalue weighted by Gasteiger charge is 2.12. The van der Waals surface area contributed by atoms with Crippen LogP contribution in [0.3, 0.4) is 0 Å². The van der Waals surface area contributed by atoms with Gasteiger partial charge in [0, 0.05) is 7.05 Å². The molecule has 0 saturated heterocycles. The van der Waals surface area contributed by atoms with Crippen molar-refractivity contribution in [1.29, 1.82) is 5.26 Å². The minimum absolute atomic E-state index is 0.183. The maximum atomic E-state index is 12.1. The van der Waals surface area contributed by atoms with Crippen molar-refractivity contribution in [3.8, 4) is 6.07 Å². The zero-order chi connectivity index (χ0) is 14.5. The van der Waals surface area contributed by atoms with Gasteiger partial charge in [0.25, 0.3) is 5.91 Å². The largest absolute Gasteiger partial charge is 0.372 e. The van der Waals surface area contributed by atoms with Gasteiger partial charge in [0.15, 0.2) is 0 Å². The first-order valence-electron chi connectivity index (χ1n) is 5.96. The minimum Gasteiger partial charge on any atom is -0.372 e. The van der Waals surface area contributed by atoms with Crippen molar-refractivity contribution in [3.63, 3.8) is 0 Å². The van der Waals surface area contributed by atoms with Crippen LogP contribution in [0.5, 0.6) is 0 Å². The molecular formula is C14H13N5O. The van der Waals surface area contributed by atoms with Gasteiger partial charge in [-0.25, -0.2) is 4.98 Å². The summed E-state index contributed by atoms with van der Waals surface area (Å²) in [6.45, 7) is 1.82. The normalized spacial score (nSPS) is 9.65. The number of nitrogens with zero attached hydrogens (tertiary/aromatic N) is 3. The molecule has 0 aliphatic heterocycles. The van der Waals surface area contributed by atoms with Crippen molar-refractivity contribution in [3.05, 3.63) is 47.4 Å². The van der Waals surface area contributed by atoms with Crippen molar-refractivity contribution >= 4 is 17.4 Å². The van der Waals surface area contributed by atoms with Crippen LogP contribution in [0.25, 0.3) is 0 Å². The van der Waals surface area contributed by atoms with E-state index in [-0.39, 0.29) is 5.69 Å². The third kappa shape index (κ3) is 2.72. The molecule has 1 aromatic heterocycles. The van der Waals surface area contributed by atoms with Crippen LogP contribution in [-0.4, -0.2) is 22.9 Å². The predicted octanol–water partition coefficient (Wildman–Crippen LogP) is 1.95. The summed E-state index contributed by atoms with van der Waals surface area (Å²) in [5.74, 6) is 0.0964. The monoisotopic (exact) mass is 267 g/mol. The molecule has 0 atom stereocenters. The van der Waals surface area contributed by atoms with Crippen LogP contribution in [0, 0.1) is 18.3 Å². The summed E-state index contributed by atoms with van der Waals surface area (Å²) in [4.78, 5) is 20.1. The average Bonchev–Trinajstić information content (AvgIpc) is 2.47. The van der Waals surface area contributed by atoms with Gasteiger partial charge in [0.05, 0.1) is 23.6 Å². The summed E-state index contributed by atoms with van der Waals surface area (Å²) in [7, 11) is 1.69. The molecule has 2 rings (SSSR count). The zero-order valence-electron chi connectivity index (χ0n) is 11.1. The summed E-state index contributed by atoms with van der Waals surface area (Å²) < 4.78 is 0. The first-order valence-corrected chi connectivity index (χ1v) is 5.96. The number of aryl methyl sites for hydroxylation is 1. The topological polar surface area (TPSA) is 90.7 Å². The lowest BCUT2D eigenvalue weighted by molar-refractivity contribution is 0.102. The highest BCUT2D eigenvalue weighted by Crippen LogP contribution is 2.19. The third-order valence-corrected chi connectivity index (χ3v) is 2.76. The second-order valence-corrected chi connectivity index (χ2v) is 4.10. The van der Waals surface area contributed by atoms with Gasteiger partial charge in [-0.05, 0) is 18.6 Å². The molecule has 1 heterocycles. The van der Waals surface area contributed by atoms with Gasteiger partial charge >= 0.3 is 0 Å². The number of nitriles is 1. The minimum atomic E-state index is -0.406. The van der Waals surface area contributed by atoms with Gasteiger partial charge in [0.2, 0.25) is 0 Å². The molecule has 100 valence electrons. The van der Waals surface area contributed by atoms with Gasteiger partial charge in [-0.2, -0.15) is 5.26 Å². The number of hydrogen-bond acceptors (Lipinski definition) is 5. The number of benzene rings is 1. The molecule has 1 amide bonds. The Kier molecular flexibility index (Phi) is 3.91. The standard InChI is InChI=1S/C14H13N5O/c1-9-4-3-5-11(10(9)6-15)19-14(20)12-7-17-8-13(16-2)18-12/h3-5,7-8H,1-2H3,(H,16,18)(H,19,20). The number of rotatable bonds is 3. The number of carbonyl (C=O) groups is 1. The Morgan fingerprint density at radius 3 is 2.85 bits per heavy atom. The Hall–Kier alpha value is -2.94. The van der Waals surface area contributed by atoms with Gasteiger partial charge in [-0.15, -0.1) is 0 Å². The highest BCUT2D eigenvalue weighted by molar-refractivity contribution is 6.03. The van der Waals surface area contributed by atoms with E-state index in [1.165, 1.54) is 12.4 Å². The molecule has 0 bridgehead atoms. The molecule has 0 aliphatic carbocycles. The molecule has 2 aromatic rings. The average molecular weight is 267 g/mol. The van der Waals surface area contributed by atoms with Crippen LogP contribution in [0.2, 0.25) is 0 Å². The Labute approximate surface area is 116 Å². The lowest BCUT2D eigenvalue weighted by Crippen LogP contribution is -2.15. The van der Waals surface area contributed by atoms with E-state index in [1.54, 1.807) is 19.2 Å². The number of aromatic nitrogens is 2. The lowest BCUT2D eigenvalue weighted by Gasteiger charge is -2.08. The van der Waals surface area contributed by atoms with E-state index in [2.05, 4.69) is 26.7 Å². The lowest BCUT2D eigenvalue weighted by atomic mass is 10.1. The summed E-state index contributed by atoms with van der Waals surface area (Å²) in [5, 5.41) is 14.6. The Balaban J connectivity index is 2.28.